The summed E-state index contributed by atoms with van der Waals surface area (Å²) in [6, 6.07) is 17.8. The number of thiazole rings is 1. The van der Waals surface area contributed by atoms with Crippen LogP contribution >= 0.6 is 22.7 Å². The highest BCUT2D eigenvalue weighted by Crippen LogP contribution is 2.33. The summed E-state index contributed by atoms with van der Waals surface area (Å²) in [6.07, 6.45) is 2.64. The van der Waals surface area contributed by atoms with Crippen molar-refractivity contribution in [3.8, 4) is 10.6 Å². The van der Waals surface area contributed by atoms with Crippen molar-refractivity contribution >= 4 is 57.9 Å². The highest BCUT2D eigenvalue weighted by Gasteiger charge is 2.26. The van der Waals surface area contributed by atoms with Crippen LogP contribution in [0.15, 0.2) is 82.0 Å². The number of nitrogens with one attached hydrogen (secondary N) is 1. The normalized spacial score (nSPS) is 12.3. The molecule has 12 heteroatoms. The maximum absolute atomic E-state index is 13.4. The van der Waals surface area contributed by atoms with Crippen molar-refractivity contribution in [1.82, 2.24) is 14.8 Å². The van der Waals surface area contributed by atoms with Gasteiger partial charge < -0.3 is 0 Å². The van der Waals surface area contributed by atoms with Crippen molar-refractivity contribution in [3.05, 3.63) is 77.8 Å². The van der Waals surface area contributed by atoms with Crippen LogP contribution in [0, 0.1) is 0 Å². The Balaban J connectivity index is 1.52. The van der Waals surface area contributed by atoms with Gasteiger partial charge in [-0.25, -0.2) is 21.8 Å². The molecule has 0 bridgehead atoms. The number of aromatic nitrogens is 3. The lowest BCUT2D eigenvalue weighted by Gasteiger charge is -2.04. The standard InChI is InChI=1S/C22H18N4O4S4/c1-33(27,28)16-9-10-17-19(12-16)32-22(23-17)25-34(29,30)20-14-26(13-15-6-3-2-4-7-15)24-21(20)18-8-5-11-31-18/h2-12,14H,13H2,1H3,(H,23,25). The van der Waals surface area contributed by atoms with Crippen LogP contribution in [0.1, 0.15) is 5.56 Å². The third-order valence-corrected chi connectivity index (χ3v) is 9.36. The molecule has 1 N–H and O–H groups in total. The highest BCUT2D eigenvalue weighted by molar-refractivity contribution is 7.93. The van der Waals surface area contributed by atoms with E-state index < -0.39 is 19.9 Å². The van der Waals surface area contributed by atoms with E-state index in [1.165, 1.54) is 29.7 Å². The van der Waals surface area contributed by atoms with Crippen molar-refractivity contribution in [3.63, 3.8) is 0 Å². The SMILES string of the molecule is CS(=O)(=O)c1ccc2nc(NS(=O)(=O)c3cn(Cc4ccccc4)nc3-c3cccs3)sc2c1. The van der Waals surface area contributed by atoms with Gasteiger partial charge in [-0.15, -0.1) is 11.3 Å². The van der Waals surface area contributed by atoms with Crippen LogP contribution in [0.5, 0.6) is 0 Å². The predicted octanol–water partition coefficient (Wildman–Crippen LogP) is 4.47. The second-order valence-corrected chi connectivity index (χ2v) is 13.2. The van der Waals surface area contributed by atoms with Gasteiger partial charge in [-0.1, -0.05) is 47.7 Å². The summed E-state index contributed by atoms with van der Waals surface area (Å²) in [4.78, 5) is 5.25. The van der Waals surface area contributed by atoms with Crippen LogP contribution in [-0.4, -0.2) is 37.9 Å². The molecule has 8 nitrogen and oxygen atoms in total. The van der Waals surface area contributed by atoms with Gasteiger partial charge >= 0.3 is 0 Å². The second-order valence-electron chi connectivity index (χ2n) is 7.53. The minimum Gasteiger partial charge on any atom is -0.266 e. The number of thiophene rings is 1. The van der Waals surface area contributed by atoms with Crippen LogP contribution in [0.4, 0.5) is 5.13 Å². The molecule has 0 amide bonds. The number of fused-ring (bicyclic) bond motifs is 1. The Morgan fingerprint density at radius 1 is 1.00 bits per heavy atom. The lowest BCUT2D eigenvalue weighted by Crippen LogP contribution is -2.13. The van der Waals surface area contributed by atoms with Gasteiger partial charge in [-0.2, -0.15) is 5.10 Å². The first-order chi connectivity index (χ1) is 16.2. The minimum absolute atomic E-state index is 0.0435. The monoisotopic (exact) mass is 530 g/mol. The smallest absolute Gasteiger partial charge is 0.266 e. The Morgan fingerprint density at radius 2 is 1.79 bits per heavy atom. The summed E-state index contributed by atoms with van der Waals surface area (Å²) in [6.45, 7) is 0.421. The van der Waals surface area contributed by atoms with E-state index in [1.54, 1.807) is 10.7 Å². The summed E-state index contributed by atoms with van der Waals surface area (Å²) < 4.78 is 55.2. The number of rotatable bonds is 7. The summed E-state index contributed by atoms with van der Waals surface area (Å²) in [5.74, 6) is 0. The van der Waals surface area contributed by atoms with Crippen molar-refractivity contribution in [2.75, 3.05) is 11.0 Å². The number of nitrogens with zero attached hydrogens (tertiary/aromatic N) is 3. The van der Waals surface area contributed by atoms with Gasteiger partial charge in [0.1, 0.15) is 10.6 Å². The molecule has 0 aliphatic carbocycles. The maximum Gasteiger partial charge on any atom is 0.267 e. The molecule has 0 unspecified atom stereocenters. The van der Waals surface area contributed by atoms with E-state index in [0.29, 0.717) is 22.5 Å². The number of sulfone groups is 1. The second kappa shape index (κ2) is 8.62. The van der Waals surface area contributed by atoms with Crippen molar-refractivity contribution in [1.29, 1.82) is 0 Å². The molecule has 0 radical (unpaired) electrons. The number of hydrogen-bond donors (Lipinski definition) is 1. The first-order valence-electron chi connectivity index (χ1n) is 9.98. The van der Waals surface area contributed by atoms with Crippen LogP contribution in [0.3, 0.4) is 0 Å². The third-order valence-electron chi connectivity index (χ3n) is 4.97. The lowest BCUT2D eigenvalue weighted by atomic mass is 10.2. The largest absolute Gasteiger partial charge is 0.267 e. The van der Waals surface area contributed by atoms with Gasteiger partial charge in [0, 0.05) is 12.5 Å². The zero-order chi connectivity index (χ0) is 23.9. The van der Waals surface area contributed by atoms with E-state index in [9.17, 15) is 16.8 Å². The Hall–Kier alpha value is -3.06. The molecule has 0 aliphatic rings. The van der Waals surface area contributed by atoms with E-state index >= 15 is 0 Å². The number of anilines is 1. The molecule has 0 saturated carbocycles. The van der Waals surface area contributed by atoms with Gasteiger partial charge in [-0.05, 0) is 35.2 Å². The molecule has 0 saturated heterocycles. The Bertz CT molecular complexity index is 1690. The fraction of sp³-hybridized carbons (Fsp3) is 0.0909. The average molecular weight is 531 g/mol. The molecule has 3 aromatic heterocycles. The molecule has 0 fully saturated rings. The zero-order valence-electron chi connectivity index (χ0n) is 17.7. The highest BCUT2D eigenvalue weighted by atomic mass is 32.2. The summed E-state index contributed by atoms with van der Waals surface area (Å²) in [7, 11) is -7.41. The minimum atomic E-state index is -4.02. The Kier molecular flexibility index (Phi) is 5.76. The zero-order valence-corrected chi connectivity index (χ0v) is 21.0. The number of sulfonamides is 1. The van der Waals surface area contributed by atoms with Crippen LogP contribution in [-0.2, 0) is 26.4 Å². The molecular formula is C22H18N4O4S4. The van der Waals surface area contributed by atoms with Gasteiger partial charge in [0.15, 0.2) is 15.0 Å². The van der Waals surface area contributed by atoms with Gasteiger partial charge in [0.2, 0.25) is 0 Å². The fourth-order valence-electron chi connectivity index (χ4n) is 3.38. The summed E-state index contributed by atoms with van der Waals surface area (Å²) >= 11 is 2.47. The molecule has 5 rings (SSSR count). The fourth-order valence-corrected chi connectivity index (χ4v) is 7.20. The van der Waals surface area contributed by atoms with Crippen LogP contribution in [0.2, 0.25) is 0 Å². The molecule has 5 aromatic rings. The number of hydrogen-bond acceptors (Lipinski definition) is 8. The molecule has 3 heterocycles. The Morgan fingerprint density at radius 3 is 2.50 bits per heavy atom. The topological polar surface area (TPSA) is 111 Å². The quantitative estimate of drug-likeness (QED) is 0.332. The van der Waals surface area contributed by atoms with E-state index in [4.69, 9.17) is 0 Å². The molecule has 34 heavy (non-hydrogen) atoms. The van der Waals surface area contributed by atoms with E-state index in [1.807, 2.05) is 47.8 Å². The van der Waals surface area contributed by atoms with E-state index in [-0.39, 0.29) is 14.9 Å². The molecule has 2 aromatic carbocycles. The van der Waals surface area contributed by atoms with Gasteiger partial charge in [0.25, 0.3) is 10.0 Å². The predicted molar refractivity (Wildman–Crippen MR) is 135 cm³/mol. The maximum atomic E-state index is 13.4. The first kappa shape index (κ1) is 22.7. The average Bonchev–Trinajstić information content (AvgIpc) is 3.52. The molecule has 174 valence electrons. The summed E-state index contributed by atoms with van der Waals surface area (Å²) in [5, 5.41) is 6.57. The van der Waals surface area contributed by atoms with Crippen molar-refractivity contribution in [2.45, 2.75) is 16.3 Å². The van der Waals surface area contributed by atoms with Crippen molar-refractivity contribution in [2.24, 2.45) is 0 Å². The van der Waals surface area contributed by atoms with Crippen LogP contribution < -0.4 is 4.72 Å². The Labute approximate surface area is 204 Å². The number of benzene rings is 2. The molecule has 0 aliphatic heterocycles. The summed E-state index contributed by atoms with van der Waals surface area (Å²) in [5.41, 5.74) is 1.86. The first-order valence-corrected chi connectivity index (χ1v) is 15.0. The van der Waals surface area contributed by atoms with E-state index in [0.717, 1.165) is 28.0 Å². The molecule has 0 spiro atoms. The van der Waals surface area contributed by atoms with Gasteiger partial charge in [0.05, 0.1) is 26.5 Å². The van der Waals surface area contributed by atoms with Crippen LogP contribution in [0.25, 0.3) is 20.8 Å². The van der Waals surface area contributed by atoms with Crippen molar-refractivity contribution < 1.29 is 16.8 Å². The third kappa shape index (κ3) is 4.62. The molecular weight excluding hydrogens is 513 g/mol. The lowest BCUT2D eigenvalue weighted by molar-refractivity contribution is 0.599. The van der Waals surface area contributed by atoms with E-state index in [2.05, 4.69) is 14.8 Å². The van der Waals surface area contributed by atoms with Gasteiger partial charge in [-0.3, -0.25) is 9.40 Å². The molecule has 0 atom stereocenters.